The van der Waals surface area contributed by atoms with Crippen LogP contribution in [-0.2, 0) is 4.79 Å². The number of carbonyl (C=O) groups is 1. The van der Waals surface area contributed by atoms with Crippen LogP contribution in [0.4, 0.5) is 20.5 Å². The molecule has 0 atom stereocenters. The van der Waals surface area contributed by atoms with E-state index in [4.69, 9.17) is 11.6 Å². The number of aromatic nitrogens is 2. The Bertz CT molecular complexity index is 1280. The van der Waals surface area contributed by atoms with Crippen LogP contribution in [0.15, 0.2) is 24.3 Å². The molecule has 2 saturated heterocycles. The molecule has 0 unspecified atom stereocenters. The fourth-order valence-electron chi connectivity index (χ4n) is 4.30. The normalized spacial score (nSPS) is 16.8. The molecule has 0 spiro atoms. The van der Waals surface area contributed by atoms with E-state index in [1.807, 2.05) is 19.0 Å². The van der Waals surface area contributed by atoms with Crippen molar-refractivity contribution in [1.29, 1.82) is 0 Å². The van der Waals surface area contributed by atoms with Gasteiger partial charge in [-0.25, -0.2) is 13.8 Å². The third-order valence-electron chi connectivity index (χ3n) is 6.31. The van der Waals surface area contributed by atoms with Crippen LogP contribution >= 0.6 is 11.6 Å². The second kappa shape index (κ2) is 8.52. The number of fused-ring (bicyclic) bond motifs is 1. The summed E-state index contributed by atoms with van der Waals surface area (Å²) in [6.45, 7) is 2.28. The third kappa shape index (κ3) is 3.76. The van der Waals surface area contributed by atoms with Gasteiger partial charge in [-0.05, 0) is 32.3 Å². The van der Waals surface area contributed by atoms with E-state index in [0.717, 1.165) is 6.07 Å². The lowest BCUT2D eigenvalue weighted by Crippen LogP contribution is -2.58. The van der Waals surface area contributed by atoms with Gasteiger partial charge in [0, 0.05) is 43.2 Å². The lowest BCUT2D eigenvalue weighted by atomic mass is 10.0. The number of benzene rings is 2. The van der Waals surface area contributed by atoms with Gasteiger partial charge in [0.1, 0.15) is 22.9 Å². The molecule has 3 heterocycles. The molecule has 1 amide bonds. The van der Waals surface area contributed by atoms with E-state index in [1.54, 1.807) is 4.90 Å². The van der Waals surface area contributed by atoms with Crippen molar-refractivity contribution in [3.63, 3.8) is 0 Å². The standard InChI is InChI=1S/C23H23ClF2N6O2/c1-30(2)12-9-32(10-12)23-28-21-13(22(29-23)31-7-6-27-17(34)11-31)8-14(24)18(20(21)26)19-15(25)4-3-5-16(19)33/h3-5,8,12,33H,6-7,9-11H2,1-2H3,(H,27,34). The van der Waals surface area contributed by atoms with Crippen molar-refractivity contribution in [2.24, 2.45) is 0 Å². The molecule has 2 aliphatic heterocycles. The quantitative estimate of drug-likeness (QED) is 0.584. The average Bonchev–Trinajstić information content (AvgIpc) is 2.74. The number of nitrogens with zero attached hydrogens (tertiary/aromatic N) is 5. The van der Waals surface area contributed by atoms with Crippen molar-refractivity contribution in [2.75, 3.05) is 56.6 Å². The Hall–Kier alpha value is -3.24. The maximum absolute atomic E-state index is 16.0. The van der Waals surface area contributed by atoms with Gasteiger partial charge in [-0.1, -0.05) is 17.7 Å². The van der Waals surface area contributed by atoms with Gasteiger partial charge in [-0.15, -0.1) is 0 Å². The van der Waals surface area contributed by atoms with Crippen LogP contribution in [-0.4, -0.2) is 78.7 Å². The van der Waals surface area contributed by atoms with Crippen LogP contribution in [0.5, 0.6) is 5.75 Å². The molecule has 0 saturated carbocycles. The van der Waals surface area contributed by atoms with Gasteiger partial charge in [0.05, 0.1) is 17.1 Å². The monoisotopic (exact) mass is 488 g/mol. The fraction of sp³-hybridized carbons (Fsp3) is 0.348. The first kappa shape index (κ1) is 22.5. The van der Waals surface area contributed by atoms with E-state index in [1.165, 1.54) is 18.2 Å². The number of hydrogen-bond acceptors (Lipinski definition) is 7. The molecule has 0 aliphatic carbocycles. The maximum atomic E-state index is 16.0. The summed E-state index contributed by atoms with van der Waals surface area (Å²) in [6.07, 6.45) is 0. The molecule has 2 N–H and O–H groups in total. The molecule has 1 aromatic heterocycles. The molecule has 0 bridgehead atoms. The number of nitrogens with one attached hydrogen (secondary N) is 1. The molecule has 8 nitrogen and oxygen atoms in total. The number of carbonyl (C=O) groups excluding carboxylic acids is 1. The van der Waals surface area contributed by atoms with Crippen molar-refractivity contribution < 1.29 is 18.7 Å². The van der Waals surface area contributed by atoms with Crippen LogP contribution in [0.1, 0.15) is 0 Å². The Morgan fingerprint density at radius 3 is 2.62 bits per heavy atom. The Labute approximate surface area is 199 Å². The van der Waals surface area contributed by atoms with E-state index < -0.39 is 17.4 Å². The molecule has 0 radical (unpaired) electrons. The van der Waals surface area contributed by atoms with Crippen molar-refractivity contribution in [2.45, 2.75) is 6.04 Å². The van der Waals surface area contributed by atoms with Crippen LogP contribution < -0.4 is 15.1 Å². The zero-order valence-corrected chi connectivity index (χ0v) is 19.4. The van der Waals surface area contributed by atoms with Gasteiger partial charge in [-0.2, -0.15) is 4.98 Å². The van der Waals surface area contributed by atoms with Crippen LogP contribution in [0, 0.1) is 11.6 Å². The Kier molecular flexibility index (Phi) is 5.65. The minimum atomic E-state index is -0.862. The first-order valence-corrected chi connectivity index (χ1v) is 11.2. The second-order valence-electron chi connectivity index (χ2n) is 8.72. The molecule has 2 aromatic carbocycles. The molecule has 3 aromatic rings. The molecule has 34 heavy (non-hydrogen) atoms. The smallest absolute Gasteiger partial charge is 0.239 e. The minimum absolute atomic E-state index is 0.0543. The van der Waals surface area contributed by atoms with E-state index in [9.17, 15) is 14.3 Å². The third-order valence-corrected chi connectivity index (χ3v) is 6.60. The van der Waals surface area contributed by atoms with Crippen LogP contribution in [0.2, 0.25) is 5.02 Å². The molecule has 2 fully saturated rings. The average molecular weight is 489 g/mol. The first-order valence-electron chi connectivity index (χ1n) is 10.8. The number of phenolic OH excluding ortho intramolecular Hbond substituents is 1. The van der Waals surface area contributed by atoms with Gasteiger partial charge >= 0.3 is 0 Å². The van der Waals surface area contributed by atoms with Crippen molar-refractivity contribution in [3.8, 4) is 16.9 Å². The molecule has 11 heteroatoms. The van der Waals surface area contributed by atoms with Gasteiger partial charge in [0.25, 0.3) is 0 Å². The lowest BCUT2D eigenvalue weighted by molar-refractivity contribution is -0.120. The first-order chi connectivity index (χ1) is 16.2. The van der Waals surface area contributed by atoms with E-state index in [2.05, 4.69) is 20.2 Å². The highest BCUT2D eigenvalue weighted by atomic mass is 35.5. The van der Waals surface area contributed by atoms with Gasteiger partial charge in [-0.3, -0.25) is 4.79 Å². The van der Waals surface area contributed by atoms with Gasteiger partial charge < -0.3 is 25.1 Å². The SMILES string of the molecule is CN(C)C1CN(c2nc(N3CCNC(=O)C3)c3cc(Cl)c(-c4c(O)cccc4F)c(F)c3n2)C1. The maximum Gasteiger partial charge on any atom is 0.239 e. The Morgan fingerprint density at radius 1 is 1.18 bits per heavy atom. The summed E-state index contributed by atoms with van der Waals surface area (Å²) in [5, 5.41) is 13.2. The van der Waals surface area contributed by atoms with Crippen molar-refractivity contribution in [1.82, 2.24) is 20.2 Å². The highest BCUT2D eigenvalue weighted by molar-refractivity contribution is 6.34. The predicted molar refractivity (Wildman–Crippen MR) is 126 cm³/mol. The number of phenols is 1. The summed E-state index contributed by atoms with van der Waals surface area (Å²) in [4.78, 5) is 27.0. The summed E-state index contributed by atoms with van der Waals surface area (Å²) >= 11 is 6.43. The molecular weight excluding hydrogens is 466 g/mol. The predicted octanol–water partition coefficient (Wildman–Crippen LogP) is 2.62. The number of aromatic hydroxyl groups is 1. The van der Waals surface area contributed by atoms with Crippen LogP contribution in [0.3, 0.4) is 0 Å². The Morgan fingerprint density at radius 2 is 1.94 bits per heavy atom. The van der Waals surface area contributed by atoms with Crippen molar-refractivity contribution in [3.05, 3.63) is 40.9 Å². The van der Waals surface area contributed by atoms with Gasteiger partial charge in [0.2, 0.25) is 11.9 Å². The molecule has 2 aliphatic rings. The molecule has 178 valence electrons. The number of likely N-dealkylation sites (N-methyl/N-ethyl adjacent to an activating group) is 1. The number of hydrogen-bond donors (Lipinski definition) is 2. The molecule has 5 rings (SSSR count). The molecular formula is C23H23ClF2N6O2. The lowest BCUT2D eigenvalue weighted by Gasteiger charge is -2.43. The van der Waals surface area contributed by atoms with E-state index in [-0.39, 0.29) is 34.1 Å². The number of piperazine rings is 1. The number of rotatable bonds is 4. The fourth-order valence-corrected chi connectivity index (χ4v) is 4.59. The summed E-state index contributed by atoms with van der Waals surface area (Å²) < 4.78 is 30.6. The highest BCUT2D eigenvalue weighted by Crippen LogP contribution is 2.42. The summed E-state index contributed by atoms with van der Waals surface area (Å²) in [5.41, 5.74) is -0.657. The van der Waals surface area contributed by atoms with Crippen molar-refractivity contribution >= 4 is 40.2 Å². The topological polar surface area (TPSA) is 84.8 Å². The highest BCUT2D eigenvalue weighted by Gasteiger charge is 2.33. The number of anilines is 2. The van der Waals surface area contributed by atoms with E-state index in [0.29, 0.717) is 49.4 Å². The zero-order chi connectivity index (χ0) is 24.1. The van der Waals surface area contributed by atoms with Gasteiger partial charge in [0.15, 0.2) is 5.82 Å². The summed E-state index contributed by atoms with van der Waals surface area (Å²) in [7, 11) is 3.96. The largest absolute Gasteiger partial charge is 0.507 e. The zero-order valence-electron chi connectivity index (χ0n) is 18.6. The van der Waals surface area contributed by atoms with E-state index >= 15 is 4.39 Å². The second-order valence-corrected chi connectivity index (χ2v) is 9.13. The number of amides is 1. The number of halogens is 3. The van der Waals surface area contributed by atoms with Crippen LogP contribution in [0.25, 0.3) is 22.0 Å². The summed E-state index contributed by atoms with van der Waals surface area (Å²) in [6, 6.07) is 5.49. The summed E-state index contributed by atoms with van der Waals surface area (Å²) in [5.74, 6) is -1.57. The Balaban J connectivity index is 1.71. The minimum Gasteiger partial charge on any atom is -0.507 e.